The molecule has 186 valence electrons. The normalized spacial score (nSPS) is 11.6. The first-order valence-corrected chi connectivity index (χ1v) is 14.1. The molecule has 1 heterocycles. The standard InChI is InChI=1S/C24H24N6O4S2/c1-25-36(33,34)22-11-5-9-20(14-22)29-24-15-23(26-16-27-24)28-19-8-3-6-17(12-19)18-7-4-10-21(13-18)30-35(2,31)32/h3-16,25,30H,1-2H3,(H2,26,27,28,29). The Labute approximate surface area is 209 Å². The van der Waals surface area contributed by atoms with Gasteiger partial charge in [-0.3, -0.25) is 4.72 Å². The molecule has 0 atom stereocenters. The van der Waals surface area contributed by atoms with Crippen LogP contribution in [0.25, 0.3) is 11.1 Å². The quantitative estimate of drug-likeness (QED) is 0.258. The van der Waals surface area contributed by atoms with E-state index in [0.29, 0.717) is 23.0 Å². The van der Waals surface area contributed by atoms with E-state index in [2.05, 4.69) is 30.0 Å². The summed E-state index contributed by atoms with van der Waals surface area (Å²) < 4.78 is 52.0. The maximum Gasteiger partial charge on any atom is 0.240 e. The van der Waals surface area contributed by atoms with Gasteiger partial charge in [0, 0.05) is 23.1 Å². The summed E-state index contributed by atoms with van der Waals surface area (Å²) in [5, 5.41) is 6.32. The largest absolute Gasteiger partial charge is 0.340 e. The van der Waals surface area contributed by atoms with Gasteiger partial charge in [0.25, 0.3) is 0 Å². The summed E-state index contributed by atoms with van der Waals surface area (Å²) in [6, 6.07) is 22.8. The summed E-state index contributed by atoms with van der Waals surface area (Å²) in [5.74, 6) is 0.998. The van der Waals surface area contributed by atoms with Crippen LogP contribution < -0.4 is 20.1 Å². The zero-order chi connectivity index (χ0) is 25.8. The molecule has 0 aliphatic carbocycles. The van der Waals surface area contributed by atoms with Gasteiger partial charge in [-0.1, -0.05) is 30.3 Å². The van der Waals surface area contributed by atoms with Crippen molar-refractivity contribution in [1.29, 1.82) is 0 Å². The molecule has 0 unspecified atom stereocenters. The van der Waals surface area contributed by atoms with Crippen LogP contribution in [0.2, 0.25) is 0 Å². The molecular formula is C24H24N6O4S2. The molecule has 0 bridgehead atoms. The van der Waals surface area contributed by atoms with Gasteiger partial charge in [0.1, 0.15) is 18.0 Å². The van der Waals surface area contributed by atoms with Gasteiger partial charge in [0.2, 0.25) is 20.0 Å². The van der Waals surface area contributed by atoms with Crippen LogP contribution in [0.5, 0.6) is 0 Å². The van der Waals surface area contributed by atoms with E-state index in [1.54, 1.807) is 36.4 Å². The number of rotatable bonds is 9. The second-order valence-electron chi connectivity index (χ2n) is 7.81. The highest BCUT2D eigenvalue weighted by atomic mass is 32.2. The molecule has 12 heteroatoms. The molecule has 0 radical (unpaired) electrons. The van der Waals surface area contributed by atoms with Crippen molar-refractivity contribution in [2.75, 3.05) is 28.7 Å². The third-order valence-electron chi connectivity index (χ3n) is 4.99. The van der Waals surface area contributed by atoms with E-state index >= 15 is 0 Å². The lowest BCUT2D eigenvalue weighted by molar-refractivity contribution is 0.588. The van der Waals surface area contributed by atoms with Gasteiger partial charge in [-0.15, -0.1) is 0 Å². The molecule has 1 aromatic heterocycles. The number of anilines is 5. The van der Waals surface area contributed by atoms with Crippen molar-refractivity contribution < 1.29 is 16.8 Å². The first-order valence-electron chi connectivity index (χ1n) is 10.7. The fraction of sp³-hybridized carbons (Fsp3) is 0.0833. The Morgan fingerprint density at radius 3 is 1.78 bits per heavy atom. The molecule has 36 heavy (non-hydrogen) atoms. The number of nitrogens with zero attached hydrogens (tertiary/aromatic N) is 2. The average Bonchev–Trinajstić information content (AvgIpc) is 2.84. The Hall–Kier alpha value is -4.00. The minimum atomic E-state index is -3.57. The molecule has 0 fully saturated rings. The zero-order valence-corrected chi connectivity index (χ0v) is 21.1. The molecule has 0 amide bonds. The number of nitrogens with one attached hydrogen (secondary N) is 4. The van der Waals surface area contributed by atoms with Crippen LogP contribution in [0.1, 0.15) is 0 Å². The molecule has 4 N–H and O–H groups in total. The molecule has 4 aromatic rings. The van der Waals surface area contributed by atoms with Crippen LogP contribution in [0.15, 0.2) is 90.1 Å². The fourth-order valence-corrected chi connectivity index (χ4v) is 4.73. The van der Waals surface area contributed by atoms with Gasteiger partial charge >= 0.3 is 0 Å². The van der Waals surface area contributed by atoms with Gasteiger partial charge in [-0.2, -0.15) is 0 Å². The number of hydrogen-bond donors (Lipinski definition) is 4. The highest BCUT2D eigenvalue weighted by molar-refractivity contribution is 7.92. The van der Waals surface area contributed by atoms with Crippen LogP contribution >= 0.6 is 0 Å². The minimum absolute atomic E-state index is 0.134. The molecule has 0 saturated heterocycles. The van der Waals surface area contributed by atoms with E-state index in [1.807, 2.05) is 30.3 Å². The molecule has 0 spiro atoms. The van der Waals surface area contributed by atoms with E-state index in [0.717, 1.165) is 23.1 Å². The Morgan fingerprint density at radius 2 is 1.19 bits per heavy atom. The lowest BCUT2D eigenvalue weighted by atomic mass is 10.0. The summed E-state index contributed by atoms with van der Waals surface area (Å²) in [6.07, 6.45) is 2.50. The van der Waals surface area contributed by atoms with Crippen molar-refractivity contribution in [2.24, 2.45) is 0 Å². The van der Waals surface area contributed by atoms with Gasteiger partial charge in [-0.25, -0.2) is 31.5 Å². The molecule has 0 aliphatic heterocycles. The summed E-state index contributed by atoms with van der Waals surface area (Å²) in [4.78, 5) is 8.60. The predicted octanol–water partition coefficient (Wildman–Crippen LogP) is 3.91. The van der Waals surface area contributed by atoms with E-state index in [1.165, 1.54) is 25.5 Å². The van der Waals surface area contributed by atoms with Crippen LogP contribution in [0.3, 0.4) is 0 Å². The van der Waals surface area contributed by atoms with Crippen LogP contribution in [0, 0.1) is 0 Å². The van der Waals surface area contributed by atoms with E-state index in [4.69, 9.17) is 0 Å². The summed E-state index contributed by atoms with van der Waals surface area (Å²) in [7, 11) is -5.59. The summed E-state index contributed by atoms with van der Waals surface area (Å²) in [5.41, 5.74) is 3.52. The topological polar surface area (TPSA) is 142 Å². The monoisotopic (exact) mass is 524 g/mol. The Bertz CT molecular complexity index is 1610. The third kappa shape index (κ3) is 6.56. The average molecular weight is 525 g/mol. The SMILES string of the molecule is CNS(=O)(=O)c1cccc(Nc2cc(Nc3cccc(-c4cccc(NS(C)(=O)=O)c4)c3)ncn2)c1. The Kier molecular flexibility index (Phi) is 7.20. The van der Waals surface area contributed by atoms with Crippen LogP contribution in [-0.2, 0) is 20.0 Å². The first kappa shape index (κ1) is 25.1. The maximum absolute atomic E-state index is 12.1. The fourth-order valence-electron chi connectivity index (χ4n) is 3.40. The molecule has 4 rings (SSSR count). The highest BCUT2D eigenvalue weighted by Gasteiger charge is 2.12. The smallest absolute Gasteiger partial charge is 0.240 e. The molecule has 0 saturated carbocycles. The Morgan fingerprint density at radius 1 is 0.667 bits per heavy atom. The van der Waals surface area contributed by atoms with Crippen molar-refractivity contribution in [3.63, 3.8) is 0 Å². The van der Waals surface area contributed by atoms with E-state index in [9.17, 15) is 16.8 Å². The molecular weight excluding hydrogens is 500 g/mol. The van der Waals surface area contributed by atoms with Crippen molar-refractivity contribution >= 4 is 48.7 Å². The number of benzene rings is 3. The highest BCUT2D eigenvalue weighted by Crippen LogP contribution is 2.27. The lowest BCUT2D eigenvalue weighted by Gasteiger charge is -2.11. The number of sulfonamides is 2. The number of aromatic nitrogens is 2. The van der Waals surface area contributed by atoms with Gasteiger partial charge in [0.15, 0.2) is 0 Å². The third-order valence-corrected chi connectivity index (χ3v) is 7.01. The second kappa shape index (κ2) is 10.3. The van der Waals surface area contributed by atoms with Crippen LogP contribution in [-0.4, -0.2) is 40.1 Å². The van der Waals surface area contributed by atoms with Gasteiger partial charge in [-0.05, 0) is 60.6 Å². The van der Waals surface area contributed by atoms with Crippen molar-refractivity contribution in [2.45, 2.75) is 4.90 Å². The van der Waals surface area contributed by atoms with Gasteiger partial charge in [0.05, 0.1) is 11.2 Å². The van der Waals surface area contributed by atoms with Crippen molar-refractivity contribution in [3.05, 3.63) is 85.2 Å². The van der Waals surface area contributed by atoms with E-state index in [-0.39, 0.29) is 4.90 Å². The zero-order valence-electron chi connectivity index (χ0n) is 19.4. The predicted molar refractivity (Wildman–Crippen MR) is 142 cm³/mol. The second-order valence-corrected chi connectivity index (χ2v) is 11.4. The molecule has 10 nitrogen and oxygen atoms in total. The summed E-state index contributed by atoms with van der Waals surface area (Å²) in [6.45, 7) is 0. The van der Waals surface area contributed by atoms with Gasteiger partial charge < -0.3 is 10.6 Å². The van der Waals surface area contributed by atoms with Crippen molar-refractivity contribution in [3.8, 4) is 11.1 Å². The maximum atomic E-state index is 12.1. The lowest BCUT2D eigenvalue weighted by Crippen LogP contribution is -2.18. The molecule has 3 aromatic carbocycles. The first-order chi connectivity index (χ1) is 17.1. The minimum Gasteiger partial charge on any atom is -0.340 e. The Balaban J connectivity index is 1.53. The number of hydrogen-bond acceptors (Lipinski definition) is 8. The summed E-state index contributed by atoms with van der Waals surface area (Å²) >= 11 is 0. The van der Waals surface area contributed by atoms with Crippen LogP contribution in [0.4, 0.5) is 28.7 Å². The van der Waals surface area contributed by atoms with Crippen molar-refractivity contribution in [1.82, 2.24) is 14.7 Å². The van der Waals surface area contributed by atoms with E-state index < -0.39 is 20.0 Å². The molecule has 0 aliphatic rings.